The molecule has 1 N–H and O–H groups in total. The summed E-state index contributed by atoms with van der Waals surface area (Å²) in [6, 6.07) is 8.71. The number of nitrogens with one attached hydrogen (secondary N) is 1. The van der Waals surface area contributed by atoms with Crippen molar-refractivity contribution in [2.75, 3.05) is 26.2 Å². The van der Waals surface area contributed by atoms with Crippen molar-refractivity contribution in [3.63, 3.8) is 0 Å². The number of likely N-dealkylation sites (N-methyl/N-ethyl adjacent to an activating group) is 1. The van der Waals surface area contributed by atoms with Gasteiger partial charge >= 0.3 is 6.03 Å². The van der Waals surface area contributed by atoms with Crippen LogP contribution in [0.2, 0.25) is 0 Å². The van der Waals surface area contributed by atoms with Gasteiger partial charge in [-0.05, 0) is 18.9 Å². The zero-order valence-electron chi connectivity index (χ0n) is 17.6. The summed E-state index contributed by atoms with van der Waals surface area (Å²) in [4.78, 5) is 42.4. The molecule has 2 aliphatic rings. The number of rotatable bonds is 6. The number of benzene rings is 1. The number of piperazine rings is 1. The molecule has 30 heavy (non-hydrogen) atoms. The lowest BCUT2D eigenvalue weighted by Gasteiger charge is -2.54. The van der Waals surface area contributed by atoms with E-state index in [4.69, 9.17) is 6.42 Å². The Balaban J connectivity index is 1.89. The standard InChI is InChI=1S/C22H29N5O3/c1-4-10-18-21(29)24(6-3)15-19-26(18)20(28)16-25(13-5-2)27(19)22(30)23-14-17-11-8-7-9-12-17/h2,7-9,11-12,18-19H,4,6,10,13-16H2,1,3H3,(H,23,30)/t18-,19-/m0/s1. The smallest absolute Gasteiger partial charge is 0.334 e. The highest BCUT2D eigenvalue weighted by atomic mass is 16.2. The number of hydrogen-bond donors (Lipinski definition) is 1. The molecule has 0 aliphatic carbocycles. The SMILES string of the molecule is C#CCN1CC(=O)N2[C@@H](CCC)C(=O)N(CC)C[C@@H]2N1C(=O)NCc1ccccc1. The van der Waals surface area contributed by atoms with Crippen molar-refractivity contribution in [3.8, 4) is 12.3 Å². The van der Waals surface area contributed by atoms with E-state index in [1.807, 2.05) is 44.2 Å². The van der Waals surface area contributed by atoms with Gasteiger partial charge < -0.3 is 15.1 Å². The molecule has 2 fully saturated rings. The van der Waals surface area contributed by atoms with Crippen molar-refractivity contribution in [2.24, 2.45) is 0 Å². The highest BCUT2D eigenvalue weighted by Gasteiger charge is 2.50. The molecule has 160 valence electrons. The van der Waals surface area contributed by atoms with E-state index in [2.05, 4.69) is 11.2 Å². The van der Waals surface area contributed by atoms with Gasteiger partial charge in [-0.25, -0.2) is 9.80 Å². The molecule has 2 atom stereocenters. The number of terminal acetylenes is 1. The second-order valence-electron chi connectivity index (χ2n) is 7.48. The fraction of sp³-hybridized carbons (Fsp3) is 0.500. The molecule has 0 radical (unpaired) electrons. The van der Waals surface area contributed by atoms with Gasteiger partial charge in [0.05, 0.1) is 19.6 Å². The Morgan fingerprint density at radius 2 is 1.97 bits per heavy atom. The molecule has 1 aromatic carbocycles. The minimum Gasteiger partial charge on any atom is -0.337 e. The topological polar surface area (TPSA) is 76.2 Å². The molecule has 2 aliphatic heterocycles. The second-order valence-corrected chi connectivity index (χ2v) is 7.48. The third kappa shape index (κ3) is 4.26. The second kappa shape index (κ2) is 9.63. The molecular weight excluding hydrogens is 382 g/mol. The molecule has 0 saturated carbocycles. The lowest BCUT2D eigenvalue weighted by atomic mass is 10.0. The molecule has 8 heteroatoms. The molecule has 1 aromatic rings. The van der Waals surface area contributed by atoms with Gasteiger partial charge in [-0.1, -0.05) is 49.6 Å². The first-order valence-electron chi connectivity index (χ1n) is 10.4. The minimum absolute atomic E-state index is 0.0287. The first-order chi connectivity index (χ1) is 14.5. The number of carbonyl (C=O) groups is 3. The Labute approximate surface area is 177 Å². The molecule has 4 amide bonds. The van der Waals surface area contributed by atoms with Crippen LogP contribution in [0.3, 0.4) is 0 Å². The summed E-state index contributed by atoms with van der Waals surface area (Å²) in [5, 5.41) is 6.05. The zero-order valence-corrected chi connectivity index (χ0v) is 17.6. The predicted molar refractivity (Wildman–Crippen MR) is 113 cm³/mol. The van der Waals surface area contributed by atoms with Gasteiger partial charge in [-0.3, -0.25) is 9.59 Å². The summed E-state index contributed by atoms with van der Waals surface area (Å²) in [6.07, 6.45) is 6.26. The summed E-state index contributed by atoms with van der Waals surface area (Å²) in [5.74, 6) is 2.30. The first kappa shape index (κ1) is 21.7. The highest BCUT2D eigenvalue weighted by molar-refractivity contribution is 5.91. The fourth-order valence-electron chi connectivity index (χ4n) is 4.13. The van der Waals surface area contributed by atoms with Crippen LogP contribution in [0.15, 0.2) is 30.3 Å². The van der Waals surface area contributed by atoms with Gasteiger partial charge in [0.15, 0.2) is 0 Å². The third-order valence-corrected chi connectivity index (χ3v) is 5.54. The van der Waals surface area contributed by atoms with Crippen molar-refractivity contribution in [2.45, 2.75) is 45.4 Å². The summed E-state index contributed by atoms with van der Waals surface area (Å²) in [7, 11) is 0. The Kier molecular flexibility index (Phi) is 6.95. The van der Waals surface area contributed by atoms with Gasteiger partial charge in [0.2, 0.25) is 11.8 Å². The van der Waals surface area contributed by atoms with Crippen molar-refractivity contribution in [1.82, 2.24) is 25.1 Å². The Hall–Kier alpha value is -3.05. The van der Waals surface area contributed by atoms with Crippen LogP contribution in [-0.4, -0.2) is 76.0 Å². The van der Waals surface area contributed by atoms with Crippen LogP contribution in [0.1, 0.15) is 32.3 Å². The number of amides is 4. The Bertz CT molecular complexity index is 822. The summed E-state index contributed by atoms with van der Waals surface area (Å²) in [5.41, 5.74) is 0.970. The largest absolute Gasteiger partial charge is 0.337 e. The number of nitrogens with zero attached hydrogens (tertiary/aromatic N) is 4. The van der Waals surface area contributed by atoms with Crippen LogP contribution in [-0.2, 0) is 16.1 Å². The number of fused-ring (bicyclic) bond motifs is 1. The average molecular weight is 412 g/mol. The van der Waals surface area contributed by atoms with E-state index >= 15 is 0 Å². The maximum Gasteiger partial charge on any atom is 0.334 e. The number of urea groups is 1. The number of carbonyl (C=O) groups excluding carboxylic acids is 3. The summed E-state index contributed by atoms with van der Waals surface area (Å²) < 4.78 is 0. The highest BCUT2D eigenvalue weighted by Crippen LogP contribution is 2.28. The average Bonchev–Trinajstić information content (AvgIpc) is 2.75. The third-order valence-electron chi connectivity index (χ3n) is 5.54. The molecule has 2 saturated heterocycles. The number of hydrogen-bond acceptors (Lipinski definition) is 4. The molecule has 0 bridgehead atoms. The number of hydrazine groups is 1. The molecule has 0 unspecified atom stereocenters. The predicted octanol–water partition coefficient (Wildman–Crippen LogP) is 1.25. The van der Waals surface area contributed by atoms with Crippen LogP contribution in [0.25, 0.3) is 0 Å². The Morgan fingerprint density at radius 1 is 1.23 bits per heavy atom. The van der Waals surface area contributed by atoms with Gasteiger partial charge in [0.1, 0.15) is 12.2 Å². The normalized spacial score (nSPS) is 22.0. The van der Waals surface area contributed by atoms with E-state index in [9.17, 15) is 14.4 Å². The minimum atomic E-state index is -0.579. The molecule has 3 rings (SSSR count). The van der Waals surface area contributed by atoms with Crippen molar-refractivity contribution < 1.29 is 14.4 Å². The van der Waals surface area contributed by atoms with Crippen molar-refractivity contribution in [1.29, 1.82) is 0 Å². The molecule has 2 heterocycles. The van der Waals surface area contributed by atoms with Crippen LogP contribution in [0.5, 0.6) is 0 Å². The van der Waals surface area contributed by atoms with E-state index in [1.165, 1.54) is 5.01 Å². The maximum atomic E-state index is 13.2. The van der Waals surface area contributed by atoms with Crippen LogP contribution >= 0.6 is 0 Å². The maximum absolute atomic E-state index is 13.2. The van der Waals surface area contributed by atoms with Crippen molar-refractivity contribution in [3.05, 3.63) is 35.9 Å². The van der Waals surface area contributed by atoms with E-state index in [0.717, 1.165) is 12.0 Å². The first-order valence-corrected chi connectivity index (χ1v) is 10.4. The molecule has 8 nitrogen and oxygen atoms in total. The zero-order chi connectivity index (χ0) is 21.7. The van der Waals surface area contributed by atoms with E-state index < -0.39 is 12.2 Å². The quantitative estimate of drug-likeness (QED) is 0.715. The van der Waals surface area contributed by atoms with E-state index in [0.29, 0.717) is 19.5 Å². The fourth-order valence-corrected chi connectivity index (χ4v) is 4.13. The molecule has 0 aromatic heterocycles. The van der Waals surface area contributed by atoms with E-state index in [-0.39, 0.29) is 37.5 Å². The van der Waals surface area contributed by atoms with Crippen LogP contribution in [0.4, 0.5) is 4.79 Å². The summed E-state index contributed by atoms with van der Waals surface area (Å²) >= 11 is 0. The monoisotopic (exact) mass is 411 g/mol. The summed E-state index contributed by atoms with van der Waals surface area (Å²) in [6.45, 7) is 5.13. The molecular formula is C22H29N5O3. The Morgan fingerprint density at radius 3 is 2.60 bits per heavy atom. The van der Waals surface area contributed by atoms with Gasteiger partial charge in [-0.15, -0.1) is 6.42 Å². The van der Waals surface area contributed by atoms with E-state index in [1.54, 1.807) is 14.8 Å². The van der Waals surface area contributed by atoms with Gasteiger partial charge in [0.25, 0.3) is 0 Å². The van der Waals surface area contributed by atoms with Gasteiger partial charge in [-0.2, -0.15) is 5.01 Å². The van der Waals surface area contributed by atoms with Crippen LogP contribution in [0, 0.1) is 12.3 Å². The lowest BCUT2D eigenvalue weighted by molar-refractivity contribution is -0.189. The van der Waals surface area contributed by atoms with Crippen LogP contribution < -0.4 is 5.32 Å². The lowest BCUT2D eigenvalue weighted by Crippen LogP contribution is -2.76. The van der Waals surface area contributed by atoms with Crippen molar-refractivity contribution >= 4 is 17.8 Å². The molecule has 0 spiro atoms. The van der Waals surface area contributed by atoms with Gasteiger partial charge in [0, 0.05) is 13.1 Å².